The van der Waals surface area contributed by atoms with E-state index in [4.69, 9.17) is 28.9 Å². The molecule has 1 aromatic heterocycles. The van der Waals surface area contributed by atoms with Crippen LogP contribution >= 0.6 is 23.2 Å². The van der Waals surface area contributed by atoms with Gasteiger partial charge in [0.05, 0.1) is 24.5 Å². The predicted octanol–water partition coefficient (Wildman–Crippen LogP) is 5.30. The molecule has 0 bridgehead atoms. The zero-order chi connectivity index (χ0) is 27.0. The molecule has 7 nitrogen and oxygen atoms in total. The average molecular weight is 549 g/mol. The van der Waals surface area contributed by atoms with Gasteiger partial charge in [-0.3, -0.25) is 4.79 Å². The Bertz CT molecular complexity index is 1450. The van der Waals surface area contributed by atoms with Crippen molar-refractivity contribution in [1.82, 2.24) is 14.5 Å². The normalized spacial score (nSPS) is 14.9. The highest BCUT2D eigenvalue weighted by Crippen LogP contribution is 2.33. The summed E-state index contributed by atoms with van der Waals surface area (Å²) in [5, 5.41) is 11.3. The van der Waals surface area contributed by atoms with Crippen molar-refractivity contribution in [2.45, 2.75) is 38.4 Å². The Labute approximate surface area is 230 Å². The first-order valence-corrected chi connectivity index (χ1v) is 12.9. The Balaban J connectivity index is 1.49. The molecule has 0 saturated carbocycles. The number of rotatable bonds is 6. The molecule has 4 aromatic rings. The second-order valence-corrected chi connectivity index (χ2v) is 10.4. The number of amides is 1. The van der Waals surface area contributed by atoms with E-state index < -0.39 is 17.9 Å². The number of carboxylic acid groups (broad SMARTS) is 1. The summed E-state index contributed by atoms with van der Waals surface area (Å²) < 4.78 is 1.95. The molecule has 1 amide bonds. The standard InChI is InChI=1S/C29H26Cl2N4O3/c1-17-12-18(2-11-23(17)32)14-34-16-33-24-15-35(26(29(37)38)13-25(24)34)28(36)27(19-3-7-21(30)8-4-19)20-5-9-22(31)10-6-20/h2-12,16,26-27H,13-15,32H2,1H3,(H,37,38). The van der Waals surface area contributed by atoms with Crippen LogP contribution in [0.4, 0.5) is 5.69 Å². The van der Waals surface area contributed by atoms with Crippen molar-refractivity contribution in [3.8, 4) is 0 Å². The van der Waals surface area contributed by atoms with E-state index in [2.05, 4.69) is 4.98 Å². The maximum atomic E-state index is 14.1. The van der Waals surface area contributed by atoms with E-state index in [-0.39, 0.29) is 18.9 Å². The van der Waals surface area contributed by atoms with Gasteiger partial charge in [-0.2, -0.15) is 0 Å². The minimum absolute atomic E-state index is 0.0938. The number of hydrogen-bond donors (Lipinski definition) is 2. The molecule has 194 valence electrons. The van der Waals surface area contributed by atoms with Gasteiger partial charge in [0.15, 0.2) is 0 Å². The van der Waals surface area contributed by atoms with Crippen LogP contribution in [-0.4, -0.2) is 37.5 Å². The number of halogens is 2. The van der Waals surface area contributed by atoms with Gasteiger partial charge in [0.1, 0.15) is 6.04 Å². The van der Waals surface area contributed by atoms with Crippen LogP contribution in [-0.2, 0) is 29.1 Å². The van der Waals surface area contributed by atoms with E-state index in [1.165, 1.54) is 4.90 Å². The maximum absolute atomic E-state index is 14.1. The van der Waals surface area contributed by atoms with E-state index in [1.54, 1.807) is 54.9 Å². The summed E-state index contributed by atoms with van der Waals surface area (Å²) in [6, 6.07) is 18.8. The van der Waals surface area contributed by atoms with Crippen molar-refractivity contribution in [2.75, 3.05) is 5.73 Å². The van der Waals surface area contributed by atoms with Gasteiger partial charge in [0, 0.05) is 34.4 Å². The largest absolute Gasteiger partial charge is 0.480 e. The third-order valence-corrected chi connectivity index (χ3v) is 7.53. The van der Waals surface area contributed by atoms with Crippen molar-refractivity contribution in [2.24, 2.45) is 0 Å². The number of aryl methyl sites for hydroxylation is 1. The number of hydrogen-bond acceptors (Lipinski definition) is 4. The average Bonchev–Trinajstić information content (AvgIpc) is 3.29. The fraction of sp³-hybridized carbons (Fsp3) is 0.207. The van der Waals surface area contributed by atoms with E-state index >= 15 is 0 Å². The van der Waals surface area contributed by atoms with Crippen LogP contribution < -0.4 is 5.73 Å². The Morgan fingerprint density at radius 2 is 1.63 bits per heavy atom. The lowest BCUT2D eigenvalue weighted by molar-refractivity contribution is -0.151. The number of aliphatic carboxylic acids is 1. The number of aromatic nitrogens is 2. The SMILES string of the molecule is Cc1cc(Cn2cnc3c2CC(C(=O)O)N(C(=O)C(c2ccc(Cl)cc2)c2ccc(Cl)cc2)C3)ccc1N. The molecule has 0 radical (unpaired) electrons. The van der Waals surface area contributed by atoms with Gasteiger partial charge < -0.3 is 20.3 Å². The van der Waals surface area contributed by atoms with E-state index in [0.717, 1.165) is 22.5 Å². The second-order valence-electron chi connectivity index (χ2n) is 9.52. The summed E-state index contributed by atoms with van der Waals surface area (Å²) in [6.45, 7) is 2.57. The van der Waals surface area contributed by atoms with Crippen LogP contribution in [0.3, 0.4) is 0 Å². The number of carbonyl (C=O) groups is 2. The first-order valence-electron chi connectivity index (χ1n) is 12.1. The van der Waals surface area contributed by atoms with Crippen molar-refractivity contribution in [1.29, 1.82) is 0 Å². The number of fused-ring (bicyclic) bond motifs is 1. The van der Waals surface area contributed by atoms with Crippen LogP contribution in [0.1, 0.15) is 39.6 Å². The third-order valence-electron chi connectivity index (χ3n) is 7.02. The summed E-state index contributed by atoms with van der Waals surface area (Å²) >= 11 is 12.2. The van der Waals surface area contributed by atoms with Gasteiger partial charge >= 0.3 is 5.97 Å². The zero-order valence-electron chi connectivity index (χ0n) is 20.6. The summed E-state index contributed by atoms with van der Waals surface area (Å²) in [4.78, 5) is 32.6. The molecule has 0 fully saturated rings. The van der Waals surface area contributed by atoms with Gasteiger partial charge in [-0.25, -0.2) is 9.78 Å². The van der Waals surface area contributed by atoms with Gasteiger partial charge in [0.25, 0.3) is 0 Å². The molecule has 0 aliphatic carbocycles. The number of anilines is 1. The van der Waals surface area contributed by atoms with Crippen LogP contribution in [0.25, 0.3) is 0 Å². The van der Waals surface area contributed by atoms with Gasteiger partial charge in [-0.1, -0.05) is 59.6 Å². The van der Waals surface area contributed by atoms with Crippen LogP contribution in [0.5, 0.6) is 0 Å². The number of benzene rings is 3. The van der Waals surface area contributed by atoms with E-state index in [1.807, 2.05) is 29.7 Å². The van der Waals surface area contributed by atoms with Crippen molar-refractivity contribution >= 4 is 40.8 Å². The van der Waals surface area contributed by atoms with Crippen molar-refractivity contribution < 1.29 is 14.7 Å². The highest BCUT2D eigenvalue weighted by molar-refractivity contribution is 6.30. The second kappa shape index (κ2) is 10.5. The van der Waals surface area contributed by atoms with Gasteiger partial charge in [-0.05, 0) is 59.5 Å². The number of carboxylic acids is 1. The molecule has 38 heavy (non-hydrogen) atoms. The molecule has 1 atom stereocenters. The summed E-state index contributed by atoms with van der Waals surface area (Å²) in [5.74, 6) is -2.12. The van der Waals surface area contributed by atoms with Gasteiger partial charge in [-0.15, -0.1) is 0 Å². The zero-order valence-corrected chi connectivity index (χ0v) is 22.2. The number of carbonyl (C=O) groups excluding carboxylic acids is 1. The molecule has 3 aromatic carbocycles. The lowest BCUT2D eigenvalue weighted by atomic mass is 9.88. The number of nitrogen functional groups attached to an aromatic ring is 1. The predicted molar refractivity (Wildman–Crippen MR) is 147 cm³/mol. The smallest absolute Gasteiger partial charge is 0.326 e. The Hall–Kier alpha value is -3.81. The molecule has 5 rings (SSSR count). The van der Waals surface area contributed by atoms with Crippen molar-refractivity contribution in [3.63, 3.8) is 0 Å². The molecule has 3 N–H and O–H groups in total. The van der Waals surface area contributed by atoms with E-state index in [0.29, 0.717) is 33.4 Å². The van der Waals surface area contributed by atoms with Crippen LogP contribution in [0, 0.1) is 6.92 Å². The summed E-state index contributed by atoms with van der Waals surface area (Å²) in [6.07, 6.45) is 1.86. The highest BCUT2D eigenvalue weighted by atomic mass is 35.5. The Morgan fingerprint density at radius 3 is 2.18 bits per heavy atom. The molecule has 1 aliphatic heterocycles. The minimum Gasteiger partial charge on any atom is -0.480 e. The molecule has 1 unspecified atom stereocenters. The Kier molecular flexibility index (Phi) is 7.15. The first-order chi connectivity index (χ1) is 18.2. The maximum Gasteiger partial charge on any atom is 0.326 e. The molecular formula is C29H26Cl2N4O3. The quantitative estimate of drug-likeness (QED) is 0.318. The fourth-order valence-electron chi connectivity index (χ4n) is 4.96. The summed E-state index contributed by atoms with van der Waals surface area (Å²) in [7, 11) is 0. The Morgan fingerprint density at radius 1 is 1.03 bits per heavy atom. The number of nitrogens with two attached hydrogens (primary N) is 1. The molecular weight excluding hydrogens is 523 g/mol. The molecule has 2 heterocycles. The lowest BCUT2D eigenvalue weighted by Gasteiger charge is -2.35. The van der Waals surface area contributed by atoms with Crippen molar-refractivity contribution in [3.05, 3.63) is 117 Å². The number of nitrogens with zero attached hydrogens (tertiary/aromatic N) is 3. The van der Waals surface area contributed by atoms with Gasteiger partial charge in [0.2, 0.25) is 5.91 Å². The third kappa shape index (κ3) is 5.12. The lowest BCUT2D eigenvalue weighted by Crippen LogP contribution is -2.50. The molecule has 0 spiro atoms. The molecule has 9 heteroatoms. The highest BCUT2D eigenvalue weighted by Gasteiger charge is 2.40. The minimum atomic E-state index is -1.06. The monoisotopic (exact) mass is 548 g/mol. The molecule has 0 saturated heterocycles. The van der Waals surface area contributed by atoms with Crippen LogP contribution in [0.15, 0.2) is 73.1 Å². The number of imidazole rings is 1. The van der Waals surface area contributed by atoms with E-state index in [9.17, 15) is 14.7 Å². The van der Waals surface area contributed by atoms with Crippen LogP contribution in [0.2, 0.25) is 10.0 Å². The topological polar surface area (TPSA) is 101 Å². The molecule has 1 aliphatic rings. The fourth-order valence-corrected chi connectivity index (χ4v) is 5.21. The summed E-state index contributed by atoms with van der Waals surface area (Å²) in [5.41, 5.74) is 11.6. The first kappa shape index (κ1) is 25.8.